The predicted octanol–water partition coefficient (Wildman–Crippen LogP) is 11.2. The third-order valence-corrected chi connectivity index (χ3v) is 11.5. The Hall–Kier alpha value is -6.00. The van der Waals surface area contributed by atoms with Gasteiger partial charge >= 0.3 is 0 Å². The number of benzene rings is 5. The molecular formula is C46H34N3O+. The first-order valence-electron chi connectivity index (χ1n) is 17.6. The van der Waals surface area contributed by atoms with Gasteiger partial charge in [0.1, 0.15) is 11.2 Å². The summed E-state index contributed by atoms with van der Waals surface area (Å²) in [5.41, 5.74) is 14.9. The van der Waals surface area contributed by atoms with Gasteiger partial charge in [0.25, 0.3) is 0 Å². The quantitative estimate of drug-likeness (QED) is 0.164. The van der Waals surface area contributed by atoms with Crippen LogP contribution in [0.25, 0.3) is 71.3 Å². The number of aromatic nitrogens is 2. The van der Waals surface area contributed by atoms with Crippen molar-refractivity contribution in [2.24, 2.45) is 4.99 Å². The summed E-state index contributed by atoms with van der Waals surface area (Å²) in [6.07, 6.45) is 6.85. The standard InChI is InChI=1S/C46H34N3O/c1-4-38-33-24-37-42(23-28(33)17-18-31-29-11-5-6-12-30(29)39-14-9-10-20-48(39)41(31)22-27(3)47-38)49-40-19-16-26(2)21-34(40)35-25-36-32-13-7-8-15-43(32)50-46(36)44(37)45(35)49/h4-16,19-21,23-25,31,41H,1,3,17-18,22H2,2H3/q+1. The topological polar surface area (TPSA) is 33.8 Å². The molecule has 50 heavy (non-hydrogen) atoms. The van der Waals surface area contributed by atoms with Gasteiger partial charge in [-0.05, 0) is 85.5 Å². The monoisotopic (exact) mass is 644 g/mol. The van der Waals surface area contributed by atoms with Crippen LogP contribution in [0.4, 0.5) is 0 Å². The lowest BCUT2D eigenvalue weighted by molar-refractivity contribution is -0.718. The summed E-state index contributed by atoms with van der Waals surface area (Å²) in [7, 11) is 0. The first kappa shape index (κ1) is 27.9. The number of hydrogen-bond donors (Lipinski definition) is 0. The fourth-order valence-electron chi connectivity index (χ4n) is 9.43. The van der Waals surface area contributed by atoms with E-state index in [1.54, 1.807) is 0 Å². The van der Waals surface area contributed by atoms with Crippen molar-refractivity contribution in [3.05, 3.63) is 157 Å². The van der Waals surface area contributed by atoms with Crippen LogP contribution in [0, 0.1) is 6.92 Å². The fraction of sp³-hybridized carbons (Fsp3) is 0.130. The van der Waals surface area contributed by atoms with Gasteiger partial charge in [-0.3, -0.25) is 4.99 Å². The van der Waals surface area contributed by atoms with E-state index in [9.17, 15) is 0 Å². The number of para-hydroxylation sites is 1. The second-order valence-electron chi connectivity index (χ2n) is 14.3. The van der Waals surface area contributed by atoms with Crippen molar-refractivity contribution in [1.82, 2.24) is 4.40 Å². The minimum atomic E-state index is 0.223. The molecule has 4 heteroatoms. The maximum absolute atomic E-state index is 6.73. The molecule has 11 rings (SSSR count). The van der Waals surface area contributed by atoms with E-state index in [0.29, 0.717) is 5.92 Å². The lowest BCUT2D eigenvalue weighted by atomic mass is 9.77. The van der Waals surface area contributed by atoms with Crippen LogP contribution >= 0.6 is 0 Å². The molecule has 9 aromatic rings. The Kier molecular flexibility index (Phi) is 5.59. The molecule has 0 fully saturated rings. The predicted molar refractivity (Wildman–Crippen MR) is 206 cm³/mol. The summed E-state index contributed by atoms with van der Waals surface area (Å²) in [6, 6.07) is 38.1. The van der Waals surface area contributed by atoms with Crippen LogP contribution in [0.1, 0.15) is 47.1 Å². The highest BCUT2D eigenvalue weighted by molar-refractivity contribution is 6.33. The molecule has 0 aliphatic carbocycles. The average molecular weight is 645 g/mol. The van der Waals surface area contributed by atoms with Crippen molar-refractivity contribution in [2.75, 3.05) is 0 Å². The van der Waals surface area contributed by atoms with Gasteiger partial charge in [-0.15, -0.1) is 0 Å². The third kappa shape index (κ3) is 3.65. The Morgan fingerprint density at radius 2 is 1.68 bits per heavy atom. The van der Waals surface area contributed by atoms with Gasteiger partial charge in [-0.25, -0.2) is 0 Å². The minimum absolute atomic E-state index is 0.223. The lowest BCUT2D eigenvalue weighted by Gasteiger charge is -2.31. The van der Waals surface area contributed by atoms with E-state index in [1.807, 2.05) is 6.08 Å². The van der Waals surface area contributed by atoms with Gasteiger partial charge in [0.05, 0.1) is 34.1 Å². The number of hydrogen-bond acceptors (Lipinski definition) is 2. The SMILES string of the molecule is C=CC1=NC(=C)CC2C(CCc3cc4c(cc31)c1c3oc5ccccc5c3cc3c5cc(C)ccc5n4c31)c1ccccc1-c1cccc[n+]12. The zero-order valence-corrected chi connectivity index (χ0v) is 27.9. The summed E-state index contributed by atoms with van der Waals surface area (Å²) in [6.45, 7) is 11.0. The van der Waals surface area contributed by atoms with Gasteiger partial charge in [-0.1, -0.05) is 61.2 Å². The first-order chi connectivity index (χ1) is 24.6. The Morgan fingerprint density at radius 3 is 2.60 bits per heavy atom. The van der Waals surface area contributed by atoms with Crippen LogP contribution in [-0.4, -0.2) is 10.1 Å². The van der Waals surface area contributed by atoms with Crippen LogP contribution in [0.15, 0.2) is 144 Å². The number of fused-ring (bicyclic) bond motifs is 17. The minimum Gasteiger partial charge on any atom is -0.455 e. The van der Waals surface area contributed by atoms with E-state index in [0.717, 1.165) is 63.6 Å². The highest BCUT2D eigenvalue weighted by Gasteiger charge is 2.40. The molecule has 2 atom stereocenters. The molecule has 0 radical (unpaired) electrons. The summed E-state index contributed by atoms with van der Waals surface area (Å²) >= 11 is 0. The second kappa shape index (κ2) is 10.0. The van der Waals surface area contributed by atoms with Gasteiger partial charge in [0, 0.05) is 61.8 Å². The maximum Gasteiger partial charge on any atom is 0.213 e. The summed E-state index contributed by atoms with van der Waals surface area (Å²) in [5, 5.41) is 7.18. The van der Waals surface area contributed by atoms with Crippen LogP contribution in [0.5, 0.6) is 0 Å². The van der Waals surface area contributed by atoms with Crippen molar-refractivity contribution in [1.29, 1.82) is 0 Å². The molecule has 2 unspecified atom stereocenters. The van der Waals surface area contributed by atoms with E-state index < -0.39 is 0 Å². The Labute approximate surface area is 289 Å². The molecule has 0 amide bonds. The van der Waals surface area contributed by atoms with E-state index >= 15 is 0 Å². The van der Waals surface area contributed by atoms with Gasteiger partial charge < -0.3 is 8.82 Å². The Bertz CT molecular complexity index is 2970. The molecule has 6 heterocycles. The van der Waals surface area contributed by atoms with Gasteiger partial charge in [-0.2, -0.15) is 4.57 Å². The molecule has 5 aromatic carbocycles. The number of nitrogens with zero attached hydrogens (tertiary/aromatic N) is 3. The number of pyridine rings is 1. The van der Waals surface area contributed by atoms with Crippen molar-refractivity contribution in [2.45, 2.75) is 38.1 Å². The molecule has 4 nitrogen and oxygen atoms in total. The smallest absolute Gasteiger partial charge is 0.213 e. The van der Waals surface area contributed by atoms with Crippen LogP contribution in [0.3, 0.4) is 0 Å². The van der Waals surface area contributed by atoms with Crippen LogP contribution in [-0.2, 0) is 6.42 Å². The molecule has 0 saturated heterocycles. The molecule has 2 aliphatic heterocycles. The molecular weight excluding hydrogens is 611 g/mol. The second-order valence-corrected chi connectivity index (χ2v) is 14.3. The lowest BCUT2D eigenvalue weighted by Crippen LogP contribution is -2.47. The number of rotatable bonds is 1. The highest BCUT2D eigenvalue weighted by Crippen LogP contribution is 2.48. The normalized spacial score (nSPS) is 17.7. The molecule has 0 spiro atoms. The maximum atomic E-state index is 6.73. The molecule has 2 aliphatic rings. The molecule has 4 aromatic heterocycles. The van der Waals surface area contributed by atoms with Crippen molar-refractivity contribution in [3.63, 3.8) is 0 Å². The van der Waals surface area contributed by atoms with Crippen molar-refractivity contribution in [3.8, 4) is 11.3 Å². The average Bonchev–Trinajstić information content (AvgIpc) is 3.79. The van der Waals surface area contributed by atoms with Crippen LogP contribution in [0.2, 0.25) is 0 Å². The van der Waals surface area contributed by atoms with Crippen LogP contribution < -0.4 is 4.57 Å². The van der Waals surface area contributed by atoms with Crippen molar-refractivity contribution >= 4 is 65.7 Å². The van der Waals surface area contributed by atoms with Crippen molar-refractivity contribution < 1.29 is 8.98 Å². The van der Waals surface area contributed by atoms with Gasteiger partial charge in [0.2, 0.25) is 5.69 Å². The summed E-state index contributed by atoms with van der Waals surface area (Å²) in [4.78, 5) is 5.25. The fourth-order valence-corrected chi connectivity index (χ4v) is 9.43. The van der Waals surface area contributed by atoms with E-state index in [-0.39, 0.29) is 6.04 Å². The first-order valence-corrected chi connectivity index (χ1v) is 17.6. The number of allylic oxidation sites excluding steroid dienone is 2. The third-order valence-electron chi connectivity index (χ3n) is 11.5. The highest BCUT2D eigenvalue weighted by atomic mass is 16.3. The largest absolute Gasteiger partial charge is 0.455 e. The Morgan fingerprint density at radius 1 is 0.820 bits per heavy atom. The van der Waals surface area contributed by atoms with E-state index in [1.165, 1.54) is 60.7 Å². The zero-order valence-electron chi connectivity index (χ0n) is 27.9. The Balaban J connectivity index is 1.22. The number of aliphatic imine (C=N–C) groups is 1. The van der Waals surface area contributed by atoms with Gasteiger partial charge in [0.15, 0.2) is 12.2 Å². The molecule has 0 bridgehead atoms. The number of furan rings is 1. The van der Waals surface area contributed by atoms with E-state index in [4.69, 9.17) is 9.41 Å². The molecule has 0 N–H and O–H groups in total. The summed E-state index contributed by atoms with van der Waals surface area (Å²) in [5.74, 6) is 0.318. The molecule has 238 valence electrons. The van der Waals surface area contributed by atoms with E-state index in [2.05, 4.69) is 138 Å². The number of aryl methyl sites for hydroxylation is 2. The summed E-state index contributed by atoms with van der Waals surface area (Å²) < 4.78 is 11.7. The zero-order chi connectivity index (χ0) is 33.2. The molecule has 0 saturated carbocycles.